The molecule has 0 spiro atoms. The maximum atomic E-state index is 10.4. The van der Waals surface area contributed by atoms with Crippen LogP contribution in [0.25, 0.3) is 0 Å². The first kappa shape index (κ1) is 15.3. The molecule has 0 saturated carbocycles. The van der Waals surface area contributed by atoms with Crippen molar-refractivity contribution in [3.8, 4) is 11.8 Å². The zero-order chi connectivity index (χ0) is 12.0. The van der Waals surface area contributed by atoms with Crippen LogP contribution in [0.4, 0.5) is 0 Å². The molecule has 0 aliphatic heterocycles. The Morgan fingerprint density at radius 2 is 2.18 bits per heavy atom. The number of methoxy groups -OCH3 is 1. The van der Waals surface area contributed by atoms with Crippen LogP contribution in [-0.4, -0.2) is 24.8 Å². The van der Waals surface area contributed by atoms with Gasteiger partial charge in [0.05, 0.1) is 6.07 Å². The van der Waals surface area contributed by atoms with Gasteiger partial charge in [0.1, 0.15) is 5.75 Å². The lowest BCUT2D eigenvalue weighted by atomic mass is 10.1. The van der Waals surface area contributed by atoms with E-state index in [2.05, 4.69) is 0 Å². The number of ether oxygens (including phenoxy) is 2. The molecule has 1 rings (SSSR count). The molecule has 0 aromatic heterocycles. The molecule has 0 radical (unpaired) electrons. The van der Waals surface area contributed by atoms with Crippen molar-refractivity contribution in [2.24, 2.45) is 0 Å². The molecule has 0 saturated heterocycles. The Morgan fingerprint density at radius 3 is 2.71 bits per heavy atom. The highest BCUT2D eigenvalue weighted by molar-refractivity contribution is 7.59. The largest absolute Gasteiger partial charge is 0.481 e. The van der Waals surface area contributed by atoms with Crippen molar-refractivity contribution in [1.29, 1.82) is 5.26 Å². The summed E-state index contributed by atoms with van der Waals surface area (Å²) in [5.74, 6) is -0.723. The van der Waals surface area contributed by atoms with Gasteiger partial charge >= 0.3 is 5.97 Å². The number of nitrogens with zero attached hydrogens (tertiary/aromatic N) is 1. The Hall–Kier alpha value is -1.71. The van der Waals surface area contributed by atoms with E-state index in [9.17, 15) is 4.79 Å². The highest BCUT2D eigenvalue weighted by Crippen LogP contribution is 2.26. The van der Waals surface area contributed by atoms with Crippen LogP contribution in [0.1, 0.15) is 11.7 Å². The third kappa shape index (κ3) is 4.34. The van der Waals surface area contributed by atoms with Crippen molar-refractivity contribution in [2.45, 2.75) is 6.10 Å². The molecule has 1 unspecified atom stereocenters. The van der Waals surface area contributed by atoms with Gasteiger partial charge in [-0.1, -0.05) is 18.2 Å². The number of aliphatic carboxylic acids is 1. The number of carboxylic acids is 1. The lowest BCUT2D eigenvalue weighted by molar-refractivity contribution is -0.139. The van der Waals surface area contributed by atoms with E-state index in [-0.39, 0.29) is 13.5 Å². The van der Waals surface area contributed by atoms with Crippen LogP contribution >= 0.6 is 13.5 Å². The molecule has 0 heterocycles. The normalized spacial score (nSPS) is 10.8. The molecule has 1 aromatic carbocycles. The van der Waals surface area contributed by atoms with E-state index >= 15 is 0 Å². The minimum absolute atomic E-state index is 0. The van der Waals surface area contributed by atoms with E-state index < -0.39 is 18.7 Å². The highest BCUT2D eigenvalue weighted by Gasteiger charge is 2.14. The van der Waals surface area contributed by atoms with Gasteiger partial charge < -0.3 is 14.6 Å². The number of rotatable bonds is 5. The van der Waals surface area contributed by atoms with E-state index in [0.717, 1.165) is 0 Å². The number of carbonyl (C=O) groups is 1. The standard InChI is InChI=1S/C11H11NO4.H2S/c1-15-10(6-12)8-4-2-3-5-9(8)16-7-11(13)14;/h2-5,10H,7H2,1H3,(H,13,14);1H2. The lowest BCUT2D eigenvalue weighted by Crippen LogP contribution is -2.11. The second-order valence-corrected chi connectivity index (χ2v) is 2.97. The summed E-state index contributed by atoms with van der Waals surface area (Å²) in [4.78, 5) is 10.4. The van der Waals surface area contributed by atoms with Gasteiger partial charge in [-0.25, -0.2) is 4.79 Å². The molecule has 0 bridgehead atoms. The quantitative estimate of drug-likeness (QED) is 0.861. The second-order valence-electron chi connectivity index (χ2n) is 2.97. The fourth-order valence-corrected chi connectivity index (χ4v) is 1.22. The Labute approximate surface area is 106 Å². The van der Waals surface area contributed by atoms with E-state index in [1.165, 1.54) is 7.11 Å². The average Bonchev–Trinajstić information content (AvgIpc) is 2.29. The number of carboxylic acid groups (broad SMARTS) is 1. The van der Waals surface area contributed by atoms with Crippen LogP contribution in [0.2, 0.25) is 0 Å². The molecule has 1 N–H and O–H groups in total. The second kappa shape index (κ2) is 7.54. The van der Waals surface area contributed by atoms with Crippen LogP contribution in [0.3, 0.4) is 0 Å². The van der Waals surface area contributed by atoms with E-state index in [1.807, 2.05) is 6.07 Å². The molecule has 6 heteroatoms. The first-order chi connectivity index (χ1) is 7.69. The Kier molecular flexibility index (Phi) is 6.79. The molecule has 1 aromatic rings. The van der Waals surface area contributed by atoms with Crippen LogP contribution < -0.4 is 4.74 Å². The smallest absolute Gasteiger partial charge is 0.341 e. The molecule has 0 fully saturated rings. The number of hydrogen-bond acceptors (Lipinski definition) is 4. The lowest BCUT2D eigenvalue weighted by Gasteiger charge is -2.12. The number of nitriles is 1. The van der Waals surface area contributed by atoms with Gasteiger partial charge in [0.2, 0.25) is 0 Å². The topological polar surface area (TPSA) is 79.5 Å². The van der Waals surface area contributed by atoms with Gasteiger partial charge in [-0.15, -0.1) is 0 Å². The van der Waals surface area contributed by atoms with Crippen molar-refractivity contribution < 1.29 is 19.4 Å². The van der Waals surface area contributed by atoms with Gasteiger partial charge in [-0.3, -0.25) is 0 Å². The maximum absolute atomic E-state index is 10.4. The molecule has 5 nitrogen and oxygen atoms in total. The predicted molar refractivity (Wildman–Crippen MR) is 65.3 cm³/mol. The van der Waals surface area contributed by atoms with Crippen molar-refractivity contribution in [3.05, 3.63) is 29.8 Å². The van der Waals surface area contributed by atoms with Crippen LogP contribution in [-0.2, 0) is 9.53 Å². The van der Waals surface area contributed by atoms with Gasteiger partial charge in [0.25, 0.3) is 0 Å². The summed E-state index contributed by atoms with van der Waals surface area (Å²) in [6.45, 7) is -0.446. The van der Waals surface area contributed by atoms with Crippen molar-refractivity contribution in [2.75, 3.05) is 13.7 Å². The molecular weight excluding hydrogens is 242 g/mol. The minimum atomic E-state index is -1.07. The SMILES string of the molecule is COC(C#N)c1ccccc1OCC(=O)O.S. The molecule has 0 aliphatic rings. The summed E-state index contributed by atoms with van der Waals surface area (Å²) in [7, 11) is 1.40. The first-order valence-electron chi connectivity index (χ1n) is 4.55. The van der Waals surface area contributed by atoms with Gasteiger partial charge in [0.15, 0.2) is 12.7 Å². The summed E-state index contributed by atoms with van der Waals surface area (Å²) in [6, 6.07) is 8.63. The predicted octanol–water partition coefficient (Wildman–Crippen LogP) is 1.47. The van der Waals surface area contributed by atoms with Crippen LogP contribution in [0.5, 0.6) is 5.75 Å². The highest BCUT2D eigenvalue weighted by atomic mass is 32.1. The Balaban J connectivity index is 0.00000256. The molecule has 17 heavy (non-hydrogen) atoms. The fraction of sp³-hybridized carbons (Fsp3) is 0.273. The minimum Gasteiger partial charge on any atom is -0.481 e. The average molecular weight is 255 g/mol. The third-order valence-corrected chi connectivity index (χ3v) is 1.91. The van der Waals surface area contributed by atoms with Gasteiger partial charge in [0, 0.05) is 12.7 Å². The summed E-state index contributed by atoms with van der Waals surface area (Å²) in [6.07, 6.45) is -0.759. The summed E-state index contributed by atoms with van der Waals surface area (Å²) >= 11 is 0. The van der Waals surface area contributed by atoms with Crippen molar-refractivity contribution >= 4 is 19.5 Å². The van der Waals surface area contributed by atoms with Crippen molar-refractivity contribution in [3.63, 3.8) is 0 Å². The zero-order valence-corrected chi connectivity index (χ0v) is 10.2. The summed E-state index contributed by atoms with van der Waals surface area (Å²) < 4.78 is 10.00. The first-order valence-corrected chi connectivity index (χ1v) is 4.55. The van der Waals surface area contributed by atoms with E-state index in [4.69, 9.17) is 19.8 Å². The van der Waals surface area contributed by atoms with Crippen LogP contribution in [0.15, 0.2) is 24.3 Å². The molecule has 0 aliphatic carbocycles. The van der Waals surface area contributed by atoms with Crippen molar-refractivity contribution in [1.82, 2.24) is 0 Å². The Bertz CT molecular complexity index is 416. The number of hydrogen-bond donors (Lipinski definition) is 1. The van der Waals surface area contributed by atoms with Crippen LogP contribution in [0, 0.1) is 11.3 Å². The van der Waals surface area contributed by atoms with Gasteiger partial charge in [-0.05, 0) is 6.07 Å². The maximum Gasteiger partial charge on any atom is 0.341 e. The molecule has 92 valence electrons. The molecule has 1 atom stereocenters. The van der Waals surface area contributed by atoms with E-state index in [0.29, 0.717) is 11.3 Å². The fourth-order valence-electron chi connectivity index (χ4n) is 1.22. The Morgan fingerprint density at radius 1 is 1.53 bits per heavy atom. The number of para-hydroxylation sites is 1. The molecular formula is C11H13NO4S. The van der Waals surface area contributed by atoms with E-state index in [1.54, 1.807) is 24.3 Å². The van der Waals surface area contributed by atoms with Gasteiger partial charge in [-0.2, -0.15) is 18.8 Å². The summed E-state index contributed by atoms with van der Waals surface area (Å²) in [5, 5.41) is 17.3. The summed E-state index contributed by atoms with van der Waals surface area (Å²) in [5.41, 5.74) is 0.522. The third-order valence-electron chi connectivity index (χ3n) is 1.91. The monoisotopic (exact) mass is 255 g/mol. The molecule has 0 amide bonds. The number of benzene rings is 1. The zero-order valence-electron chi connectivity index (χ0n) is 9.21.